The van der Waals surface area contributed by atoms with E-state index in [2.05, 4.69) is 93.1 Å². The van der Waals surface area contributed by atoms with Crippen LogP contribution < -0.4 is 0 Å². The van der Waals surface area contributed by atoms with Crippen LogP contribution in [0.1, 0.15) is 0 Å². The summed E-state index contributed by atoms with van der Waals surface area (Å²) in [4.78, 5) is 4.85. The van der Waals surface area contributed by atoms with Gasteiger partial charge in [-0.15, -0.1) is 10.2 Å². The highest BCUT2D eigenvalue weighted by Gasteiger charge is 2.21. The van der Waals surface area contributed by atoms with Gasteiger partial charge in [0.25, 0.3) is 0 Å². The maximum Gasteiger partial charge on any atom is 0.227 e. The van der Waals surface area contributed by atoms with Crippen LogP contribution in [0.4, 0.5) is 0 Å². The topological polar surface area (TPSA) is 61.7 Å². The monoisotopic (exact) mass is 579 g/mol. The molecule has 9 aromatic rings. The molecule has 0 N–H and O–H groups in total. The van der Waals surface area contributed by atoms with Crippen molar-refractivity contribution in [2.45, 2.75) is 0 Å². The number of benzene rings is 6. The van der Waals surface area contributed by atoms with E-state index in [0.29, 0.717) is 5.89 Å². The van der Waals surface area contributed by atoms with Crippen LogP contribution in [-0.4, -0.2) is 24.3 Å². The largest absolute Gasteiger partial charge is 0.435 e. The van der Waals surface area contributed by atoms with Crippen molar-refractivity contribution in [3.05, 3.63) is 152 Å². The smallest absolute Gasteiger partial charge is 0.227 e. The first-order valence-electron chi connectivity index (χ1n) is 14.9. The maximum atomic E-state index is 6.48. The van der Waals surface area contributed by atoms with Crippen LogP contribution in [0.25, 0.3) is 78.5 Å². The minimum Gasteiger partial charge on any atom is -0.435 e. The highest BCUT2D eigenvalue weighted by Crippen LogP contribution is 2.39. The summed E-state index contributed by atoms with van der Waals surface area (Å²) in [6, 6.07) is 51.6. The van der Waals surface area contributed by atoms with Crippen LogP contribution in [0.3, 0.4) is 0 Å². The molecule has 0 aliphatic heterocycles. The second-order valence-electron chi connectivity index (χ2n) is 11.0. The molecule has 6 heteroatoms. The first-order chi connectivity index (χ1) is 22.3. The Bertz CT molecular complexity index is 2470. The number of nitrogens with zero attached hydrogens (tertiary/aromatic N) is 5. The van der Waals surface area contributed by atoms with Gasteiger partial charge in [-0.05, 0) is 54.6 Å². The molecule has 212 valence electrons. The van der Waals surface area contributed by atoms with Gasteiger partial charge in [0.2, 0.25) is 5.89 Å². The van der Waals surface area contributed by atoms with Gasteiger partial charge in [-0.2, -0.15) is 0 Å². The van der Waals surface area contributed by atoms with Gasteiger partial charge in [0.15, 0.2) is 17.2 Å². The van der Waals surface area contributed by atoms with Crippen molar-refractivity contribution >= 4 is 32.9 Å². The fraction of sp³-hybridized carbons (Fsp3) is 0. The van der Waals surface area contributed by atoms with E-state index in [4.69, 9.17) is 14.5 Å². The molecule has 9 rings (SSSR count). The van der Waals surface area contributed by atoms with Gasteiger partial charge >= 0.3 is 0 Å². The Kier molecular flexibility index (Phi) is 5.71. The standard InChI is InChI=1S/C39H25N5O/c1-4-13-26(14-5-1)37-41-42-38(44(37)29-18-8-3-9-19-29)28-17-12-20-30(25-28)43-33-22-11-10-21-31(33)35-34(43)24-23-32-36(35)45-39(40-32)27-15-6-2-7-16-27/h1-25H. The van der Waals surface area contributed by atoms with E-state index in [1.807, 2.05) is 72.8 Å². The summed E-state index contributed by atoms with van der Waals surface area (Å²) in [7, 11) is 0. The lowest BCUT2D eigenvalue weighted by Crippen LogP contribution is -2.01. The predicted molar refractivity (Wildman–Crippen MR) is 180 cm³/mol. The zero-order chi connectivity index (χ0) is 29.7. The fourth-order valence-electron chi connectivity index (χ4n) is 6.27. The fourth-order valence-corrected chi connectivity index (χ4v) is 6.27. The van der Waals surface area contributed by atoms with E-state index in [-0.39, 0.29) is 0 Å². The van der Waals surface area contributed by atoms with Crippen molar-refractivity contribution in [2.75, 3.05) is 0 Å². The molecule has 0 spiro atoms. The summed E-state index contributed by atoms with van der Waals surface area (Å²) in [6.07, 6.45) is 0. The molecule has 0 aliphatic carbocycles. The van der Waals surface area contributed by atoms with Crippen LogP contribution in [0.5, 0.6) is 0 Å². The van der Waals surface area contributed by atoms with E-state index in [0.717, 1.165) is 72.6 Å². The molecule has 3 aromatic heterocycles. The molecular weight excluding hydrogens is 554 g/mol. The lowest BCUT2D eigenvalue weighted by atomic mass is 10.1. The second-order valence-corrected chi connectivity index (χ2v) is 11.0. The van der Waals surface area contributed by atoms with Gasteiger partial charge in [0.05, 0.1) is 16.4 Å². The number of aromatic nitrogens is 5. The summed E-state index contributed by atoms with van der Waals surface area (Å²) >= 11 is 0. The van der Waals surface area contributed by atoms with E-state index < -0.39 is 0 Å². The van der Waals surface area contributed by atoms with E-state index in [1.54, 1.807) is 0 Å². The quantitative estimate of drug-likeness (QED) is 0.204. The SMILES string of the molecule is c1ccc(-c2nc3ccc4c(c5ccccc5n4-c4cccc(-c5nnc(-c6ccccc6)n5-c5ccccc5)c4)c3o2)cc1. The number of hydrogen-bond acceptors (Lipinski definition) is 4. The Hall–Kier alpha value is -6.27. The minimum absolute atomic E-state index is 0.617. The zero-order valence-corrected chi connectivity index (χ0v) is 24.1. The molecule has 0 aliphatic rings. The normalized spacial score (nSPS) is 11.6. The van der Waals surface area contributed by atoms with Crippen LogP contribution >= 0.6 is 0 Å². The first kappa shape index (κ1) is 25.2. The molecule has 6 aromatic carbocycles. The third-order valence-corrected chi connectivity index (χ3v) is 8.28. The summed E-state index contributed by atoms with van der Waals surface area (Å²) < 4.78 is 10.9. The summed E-state index contributed by atoms with van der Waals surface area (Å²) in [6.45, 7) is 0. The molecule has 0 bridgehead atoms. The Morgan fingerprint density at radius 1 is 0.467 bits per heavy atom. The van der Waals surface area contributed by atoms with Crippen molar-refractivity contribution in [3.8, 4) is 45.6 Å². The molecule has 45 heavy (non-hydrogen) atoms. The molecule has 0 radical (unpaired) electrons. The van der Waals surface area contributed by atoms with E-state index in [1.165, 1.54) is 0 Å². The third kappa shape index (κ3) is 4.07. The van der Waals surface area contributed by atoms with Gasteiger partial charge in [-0.25, -0.2) is 4.98 Å². The van der Waals surface area contributed by atoms with Gasteiger partial charge in [-0.3, -0.25) is 4.57 Å². The van der Waals surface area contributed by atoms with Crippen molar-refractivity contribution in [1.82, 2.24) is 24.3 Å². The number of rotatable bonds is 5. The van der Waals surface area contributed by atoms with Crippen LogP contribution in [0.15, 0.2) is 156 Å². The molecule has 6 nitrogen and oxygen atoms in total. The molecule has 0 amide bonds. The molecule has 0 saturated heterocycles. The Balaban J connectivity index is 1.26. The predicted octanol–water partition coefficient (Wildman–Crippen LogP) is 9.51. The average Bonchev–Trinajstić information content (AvgIpc) is 3.83. The maximum absolute atomic E-state index is 6.48. The van der Waals surface area contributed by atoms with Crippen molar-refractivity contribution in [3.63, 3.8) is 0 Å². The second kappa shape index (κ2) is 10.2. The average molecular weight is 580 g/mol. The summed E-state index contributed by atoms with van der Waals surface area (Å²) in [5, 5.41) is 11.6. The van der Waals surface area contributed by atoms with Gasteiger partial charge in [0, 0.05) is 33.5 Å². The third-order valence-electron chi connectivity index (χ3n) is 8.28. The van der Waals surface area contributed by atoms with Crippen LogP contribution in [-0.2, 0) is 0 Å². The summed E-state index contributed by atoms with van der Waals surface area (Å²) in [5.41, 5.74) is 8.70. The van der Waals surface area contributed by atoms with Gasteiger partial charge < -0.3 is 8.98 Å². The Labute approximate surface area is 258 Å². The lowest BCUT2D eigenvalue weighted by Gasteiger charge is -2.13. The Morgan fingerprint density at radius 2 is 1.09 bits per heavy atom. The number of fused-ring (bicyclic) bond motifs is 5. The highest BCUT2D eigenvalue weighted by molar-refractivity contribution is 6.19. The molecular formula is C39H25N5O. The van der Waals surface area contributed by atoms with E-state index in [9.17, 15) is 0 Å². The first-order valence-corrected chi connectivity index (χ1v) is 14.9. The van der Waals surface area contributed by atoms with Crippen molar-refractivity contribution < 1.29 is 4.42 Å². The lowest BCUT2D eigenvalue weighted by molar-refractivity contribution is 0.623. The van der Waals surface area contributed by atoms with Crippen molar-refractivity contribution in [1.29, 1.82) is 0 Å². The minimum atomic E-state index is 0.617. The number of hydrogen-bond donors (Lipinski definition) is 0. The molecule has 0 fully saturated rings. The molecule has 3 heterocycles. The van der Waals surface area contributed by atoms with Gasteiger partial charge in [-0.1, -0.05) is 97.1 Å². The highest BCUT2D eigenvalue weighted by atomic mass is 16.3. The molecule has 0 saturated carbocycles. The van der Waals surface area contributed by atoms with E-state index >= 15 is 0 Å². The van der Waals surface area contributed by atoms with Gasteiger partial charge in [0.1, 0.15) is 5.52 Å². The van der Waals surface area contributed by atoms with Crippen LogP contribution in [0, 0.1) is 0 Å². The van der Waals surface area contributed by atoms with Crippen LogP contribution in [0.2, 0.25) is 0 Å². The Morgan fingerprint density at radius 3 is 1.87 bits per heavy atom. The number of para-hydroxylation sites is 2. The molecule has 0 unspecified atom stereocenters. The number of oxazole rings is 1. The summed E-state index contributed by atoms with van der Waals surface area (Å²) in [5.74, 6) is 2.18. The van der Waals surface area contributed by atoms with Crippen molar-refractivity contribution in [2.24, 2.45) is 0 Å². The molecule has 0 atom stereocenters. The zero-order valence-electron chi connectivity index (χ0n) is 24.1.